The Hall–Kier alpha value is -2.69. The molecule has 24 heavy (non-hydrogen) atoms. The largest absolute Gasteiger partial charge is 0.341 e. The Morgan fingerprint density at radius 1 is 1.33 bits per heavy atom. The Morgan fingerprint density at radius 2 is 1.88 bits per heavy atom. The Balaban J connectivity index is 3.15. The molecule has 0 atom stereocenters. The molecule has 0 aliphatic carbocycles. The fourth-order valence-corrected chi connectivity index (χ4v) is 2.32. The van der Waals surface area contributed by atoms with Gasteiger partial charge in [0.2, 0.25) is 5.91 Å². The fraction of sp³-hybridized carbons (Fsp3) is 0.562. The number of aromatic nitrogens is 1. The van der Waals surface area contributed by atoms with Crippen LogP contribution in [-0.2, 0) is 11.3 Å². The first-order chi connectivity index (χ1) is 11.1. The molecule has 1 rings (SSSR count). The van der Waals surface area contributed by atoms with Crippen LogP contribution in [0.4, 0.5) is 5.69 Å². The number of carbonyl (C=O) groups excluding carboxylic acids is 1. The van der Waals surface area contributed by atoms with E-state index in [1.807, 2.05) is 27.7 Å². The lowest BCUT2D eigenvalue weighted by atomic mass is 10.1. The van der Waals surface area contributed by atoms with Gasteiger partial charge in [-0.05, 0) is 11.8 Å². The summed E-state index contributed by atoms with van der Waals surface area (Å²) in [6.45, 7) is 8.66. The predicted molar refractivity (Wildman–Crippen MR) is 88.3 cm³/mol. The summed E-state index contributed by atoms with van der Waals surface area (Å²) in [5, 5.41) is 19.9. The van der Waals surface area contributed by atoms with E-state index < -0.39 is 16.2 Å². The third-order valence-electron chi connectivity index (χ3n) is 3.23. The molecule has 1 aromatic rings. The molecule has 0 saturated carbocycles. The van der Waals surface area contributed by atoms with Gasteiger partial charge in [0, 0.05) is 19.2 Å². The molecule has 130 valence electrons. The van der Waals surface area contributed by atoms with E-state index in [1.165, 1.54) is 0 Å². The summed E-state index contributed by atoms with van der Waals surface area (Å²) in [4.78, 5) is 36.5. The van der Waals surface area contributed by atoms with Crippen LogP contribution in [0.25, 0.3) is 0 Å². The Labute approximate surface area is 140 Å². The van der Waals surface area contributed by atoms with E-state index >= 15 is 0 Å². The molecule has 0 radical (unpaired) electrons. The maximum atomic E-state index is 12.5. The van der Waals surface area contributed by atoms with Crippen molar-refractivity contribution in [2.24, 2.45) is 11.8 Å². The first-order valence-corrected chi connectivity index (χ1v) is 7.72. The summed E-state index contributed by atoms with van der Waals surface area (Å²) in [5.41, 5.74) is -1.44. The van der Waals surface area contributed by atoms with Crippen molar-refractivity contribution in [3.63, 3.8) is 0 Å². The lowest BCUT2D eigenvalue weighted by molar-refractivity contribution is -0.385. The zero-order chi connectivity index (χ0) is 18.4. The maximum absolute atomic E-state index is 12.5. The Morgan fingerprint density at radius 3 is 2.29 bits per heavy atom. The van der Waals surface area contributed by atoms with Crippen molar-refractivity contribution >= 4 is 11.6 Å². The summed E-state index contributed by atoms with van der Waals surface area (Å²) in [5.74, 6) is 0.206. The van der Waals surface area contributed by atoms with Crippen LogP contribution in [0.15, 0.2) is 17.1 Å². The van der Waals surface area contributed by atoms with Crippen LogP contribution < -0.4 is 5.56 Å². The molecule has 0 bridgehead atoms. The molecule has 0 saturated heterocycles. The van der Waals surface area contributed by atoms with Crippen molar-refractivity contribution < 1.29 is 9.72 Å². The zero-order valence-corrected chi connectivity index (χ0v) is 14.4. The number of nitrogens with zero attached hydrogens (tertiary/aromatic N) is 4. The molecule has 8 nitrogen and oxygen atoms in total. The fourth-order valence-electron chi connectivity index (χ4n) is 2.32. The number of nitriles is 1. The van der Waals surface area contributed by atoms with Gasteiger partial charge in [-0.25, -0.2) is 0 Å². The number of pyridine rings is 1. The highest BCUT2D eigenvalue weighted by Crippen LogP contribution is 2.11. The highest BCUT2D eigenvalue weighted by molar-refractivity contribution is 5.76. The third-order valence-corrected chi connectivity index (χ3v) is 3.23. The topological polar surface area (TPSA) is 109 Å². The van der Waals surface area contributed by atoms with Gasteiger partial charge in [-0.2, -0.15) is 5.26 Å². The van der Waals surface area contributed by atoms with Crippen LogP contribution in [0.5, 0.6) is 0 Å². The van der Waals surface area contributed by atoms with Crippen molar-refractivity contribution in [1.82, 2.24) is 9.47 Å². The van der Waals surface area contributed by atoms with Gasteiger partial charge in [0.1, 0.15) is 18.2 Å². The second-order valence-electron chi connectivity index (χ2n) is 6.50. The maximum Gasteiger partial charge on any atom is 0.287 e. The molecule has 0 aliphatic heterocycles. The number of hydrogen-bond acceptors (Lipinski definition) is 5. The molecule has 0 spiro atoms. The molecule has 0 aromatic carbocycles. The SMILES string of the molecule is CC(C)CN(CC(C)C)C(=O)Cn1cc([N+](=O)[O-])cc(C#N)c1=O. The van der Waals surface area contributed by atoms with Crippen molar-refractivity contribution in [3.05, 3.63) is 38.3 Å². The zero-order valence-electron chi connectivity index (χ0n) is 14.4. The summed E-state index contributed by atoms with van der Waals surface area (Å²) >= 11 is 0. The molecule has 0 fully saturated rings. The molecular formula is C16H22N4O4. The van der Waals surface area contributed by atoms with E-state index in [0.717, 1.165) is 16.8 Å². The molecule has 1 aromatic heterocycles. The van der Waals surface area contributed by atoms with Gasteiger partial charge in [-0.3, -0.25) is 24.3 Å². The van der Waals surface area contributed by atoms with Crippen LogP contribution in [0.2, 0.25) is 0 Å². The van der Waals surface area contributed by atoms with Gasteiger partial charge in [-0.1, -0.05) is 27.7 Å². The summed E-state index contributed by atoms with van der Waals surface area (Å²) < 4.78 is 0.937. The third kappa shape index (κ3) is 5.19. The van der Waals surface area contributed by atoms with Crippen LogP contribution in [-0.4, -0.2) is 33.4 Å². The minimum atomic E-state index is -0.703. The minimum Gasteiger partial charge on any atom is -0.341 e. The van der Waals surface area contributed by atoms with Crippen LogP contribution in [0, 0.1) is 33.3 Å². The Bertz CT molecular complexity index is 706. The highest BCUT2D eigenvalue weighted by atomic mass is 16.6. The molecule has 0 N–H and O–H groups in total. The predicted octanol–water partition coefficient (Wildman–Crippen LogP) is 1.77. The van der Waals surface area contributed by atoms with E-state index in [2.05, 4.69) is 0 Å². The van der Waals surface area contributed by atoms with Gasteiger partial charge in [0.25, 0.3) is 11.2 Å². The van der Waals surface area contributed by atoms with Gasteiger partial charge >= 0.3 is 0 Å². The minimum absolute atomic E-state index is 0.254. The van der Waals surface area contributed by atoms with Crippen LogP contribution >= 0.6 is 0 Å². The molecule has 1 amide bonds. The Kier molecular flexibility index (Phi) is 6.65. The van der Waals surface area contributed by atoms with Crippen LogP contribution in [0.3, 0.4) is 0 Å². The standard InChI is InChI=1S/C16H22N4O4/c1-11(2)7-18(8-12(3)4)15(21)10-19-9-14(20(23)24)5-13(6-17)16(19)22/h5,9,11-12H,7-8,10H2,1-4H3. The first-order valence-electron chi connectivity index (χ1n) is 7.72. The van der Waals surface area contributed by atoms with E-state index in [9.17, 15) is 19.7 Å². The van der Waals surface area contributed by atoms with Crippen LogP contribution in [0.1, 0.15) is 33.3 Å². The molecule has 0 aliphatic rings. The lowest BCUT2D eigenvalue weighted by Crippen LogP contribution is -2.40. The quantitative estimate of drug-likeness (QED) is 0.557. The molecule has 0 unspecified atom stereocenters. The average molecular weight is 334 g/mol. The molecular weight excluding hydrogens is 312 g/mol. The van der Waals surface area contributed by atoms with Crippen molar-refractivity contribution in [1.29, 1.82) is 5.26 Å². The molecule has 8 heteroatoms. The van der Waals surface area contributed by atoms with E-state index in [1.54, 1.807) is 11.0 Å². The van der Waals surface area contributed by atoms with Gasteiger partial charge in [-0.15, -0.1) is 0 Å². The average Bonchev–Trinajstić information content (AvgIpc) is 2.47. The number of amides is 1. The smallest absolute Gasteiger partial charge is 0.287 e. The monoisotopic (exact) mass is 334 g/mol. The van der Waals surface area contributed by atoms with Crippen molar-refractivity contribution in [3.8, 4) is 6.07 Å². The normalized spacial score (nSPS) is 10.7. The van der Waals surface area contributed by atoms with Gasteiger partial charge < -0.3 is 4.90 Å². The van der Waals surface area contributed by atoms with Crippen molar-refractivity contribution in [2.75, 3.05) is 13.1 Å². The molecule has 1 heterocycles. The summed E-state index contributed by atoms with van der Waals surface area (Å²) in [6, 6.07) is 2.56. The summed E-state index contributed by atoms with van der Waals surface area (Å²) in [6.07, 6.45) is 1.00. The second-order valence-corrected chi connectivity index (χ2v) is 6.50. The van der Waals surface area contributed by atoms with Gasteiger partial charge in [0.05, 0.1) is 11.1 Å². The van der Waals surface area contributed by atoms with E-state index in [0.29, 0.717) is 13.1 Å². The number of rotatable bonds is 7. The number of nitro groups is 1. The summed E-state index contributed by atoms with van der Waals surface area (Å²) in [7, 11) is 0. The van der Waals surface area contributed by atoms with Gasteiger partial charge in [0.15, 0.2) is 0 Å². The highest BCUT2D eigenvalue weighted by Gasteiger charge is 2.20. The van der Waals surface area contributed by atoms with Crippen molar-refractivity contribution in [2.45, 2.75) is 34.2 Å². The number of carbonyl (C=O) groups is 1. The number of hydrogen-bond donors (Lipinski definition) is 0. The lowest BCUT2D eigenvalue weighted by Gasteiger charge is -2.26. The van der Waals surface area contributed by atoms with E-state index in [-0.39, 0.29) is 29.9 Å². The second kappa shape index (κ2) is 8.24. The van der Waals surface area contributed by atoms with E-state index in [4.69, 9.17) is 5.26 Å². The first kappa shape index (κ1) is 19.4.